The second kappa shape index (κ2) is 5.39. The van der Waals surface area contributed by atoms with Gasteiger partial charge >= 0.3 is 5.97 Å². The molecule has 100 valence electrons. The summed E-state index contributed by atoms with van der Waals surface area (Å²) in [5.41, 5.74) is 1.01. The minimum absolute atomic E-state index is 0.142. The molecular formula is C14H21NO2S. The molecule has 1 fully saturated rings. The van der Waals surface area contributed by atoms with E-state index in [0.29, 0.717) is 5.92 Å². The van der Waals surface area contributed by atoms with Crippen LogP contribution in [0, 0.1) is 12.8 Å². The third-order valence-electron chi connectivity index (χ3n) is 3.71. The van der Waals surface area contributed by atoms with E-state index in [4.69, 9.17) is 4.74 Å². The second-order valence-corrected chi connectivity index (χ2v) is 6.44. The average molecular weight is 267 g/mol. The predicted octanol–water partition coefficient (Wildman–Crippen LogP) is 3.63. The first kappa shape index (κ1) is 13.5. The Morgan fingerprint density at radius 1 is 1.44 bits per heavy atom. The first-order valence-electron chi connectivity index (χ1n) is 6.59. The van der Waals surface area contributed by atoms with Gasteiger partial charge in [0.2, 0.25) is 0 Å². The van der Waals surface area contributed by atoms with Crippen molar-refractivity contribution < 1.29 is 9.53 Å². The Hall–Kier alpha value is -0.900. The second-order valence-electron chi connectivity index (χ2n) is 5.37. The van der Waals surface area contributed by atoms with E-state index >= 15 is 0 Å². The first-order valence-corrected chi connectivity index (χ1v) is 7.41. The smallest absolute Gasteiger partial charge is 0.314 e. The molecule has 0 aromatic carbocycles. The van der Waals surface area contributed by atoms with E-state index in [9.17, 15) is 4.79 Å². The van der Waals surface area contributed by atoms with Crippen molar-refractivity contribution in [2.45, 2.75) is 51.9 Å². The Kier molecular flexibility index (Phi) is 4.05. The van der Waals surface area contributed by atoms with Crippen molar-refractivity contribution in [1.29, 1.82) is 0 Å². The fourth-order valence-corrected chi connectivity index (χ4v) is 3.86. The van der Waals surface area contributed by atoms with Crippen LogP contribution >= 0.6 is 11.3 Å². The van der Waals surface area contributed by atoms with E-state index < -0.39 is 0 Å². The summed E-state index contributed by atoms with van der Waals surface area (Å²) in [6.45, 7) is 6.12. The molecule has 1 saturated carbocycles. The van der Waals surface area contributed by atoms with E-state index in [-0.39, 0.29) is 17.8 Å². The van der Waals surface area contributed by atoms with Gasteiger partial charge in [0.25, 0.3) is 0 Å². The van der Waals surface area contributed by atoms with Crippen LogP contribution in [0.15, 0.2) is 0 Å². The molecule has 2 rings (SSSR count). The van der Waals surface area contributed by atoms with Gasteiger partial charge in [-0.1, -0.05) is 20.3 Å². The Bertz CT molecular complexity index is 435. The fourth-order valence-electron chi connectivity index (χ4n) is 2.36. The highest BCUT2D eigenvalue weighted by atomic mass is 32.1. The number of rotatable bonds is 4. The summed E-state index contributed by atoms with van der Waals surface area (Å²) in [7, 11) is 1.46. The zero-order valence-electron chi connectivity index (χ0n) is 11.5. The van der Waals surface area contributed by atoms with Crippen molar-refractivity contribution in [2.75, 3.05) is 7.11 Å². The molecule has 1 unspecified atom stereocenters. The summed E-state index contributed by atoms with van der Waals surface area (Å²) in [6, 6.07) is 0. The third kappa shape index (κ3) is 2.44. The van der Waals surface area contributed by atoms with Crippen LogP contribution in [0.2, 0.25) is 0 Å². The summed E-state index contributed by atoms with van der Waals surface area (Å²) < 4.78 is 4.93. The highest BCUT2D eigenvalue weighted by Gasteiger charge is 2.31. The van der Waals surface area contributed by atoms with Crippen LogP contribution in [0.3, 0.4) is 0 Å². The van der Waals surface area contributed by atoms with Gasteiger partial charge in [-0.25, -0.2) is 4.98 Å². The van der Waals surface area contributed by atoms with E-state index in [1.54, 1.807) is 11.3 Å². The van der Waals surface area contributed by atoms with Crippen molar-refractivity contribution in [3.8, 4) is 0 Å². The molecule has 0 amide bonds. The standard InChI is InChI=1S/C14H21NO2S/c1-8(2)11(14(16)17-4)12-9(3)15-13(18-12)10-6-5-7-10/h8,10-11H,5-7H2,1-4H3. The Morgan fingerprint density at radius 3 is 2.56 bits per heavy atom. The molecule has 1 atom stereocenters. The van der Waals surface area contributed by atoms with E-state index in [1.165, 1.54) is 31.4 Å². The summed E-state index contributed by atoms with van der Waals surface area (Å²) in [5.74, 6) is 0.567. The van der Waals surface area contributed by atoms with Gasteiger partial charge in [0, 0.05) is 10.8 Å². The number of carbonyl (C=O) groups is 1. The van der Waals surface area contributed by atoms with Crippen molar-refractivity contribution in [2.24, 2.45) is 5.92 Å². The van der Waals surface area contributed by atoms with E-state index in [1.807, 2.05) is 6.92 Å². The maximum atomic E-state index is 11.9. The highest BCUT2D eigenvalue weighted by molar-refractivity contribution is 7.12. The number of aromatic nitrogens is 1. The normalized spacial score (nSPS) is 17.6. The van der Waals surface area contributed by atoms with Crippen LogP contribution < -0.4 is 0 Å². The van der Waals surface area contributed by atoms with Crippen LogP contribution in [0.4, 0.5) is 0 Å². The van der Waals surface area contributed by atoms with Crippen molar-refractivity contribution in [3.63, 3.8) is 0 Å². The zero-order valence-corrected chi connectivity index (χ0v) is 12.3. The van der Waals surface area contributed by atoms with Crippen LogP contribution in [0.5, 0.6) is 0 Å². The van der Waals surface area contributed by atoms with Gasteiger partial charge < -0.3 is 4.74 Å². The number of hydrogen-bond donors (Lipinski definition) is 0. The number of thiazole rings is 1. The van der Waals surface area contributed by atoms with Gasteiger partial charge in [0.05, 0.1) is 23.7 Å². The van der Waals surface area contributed by atoms with Crippen molar-refractivity contribution >= 4 is 17.3 Å². The van der Waals surface area contributed by atoms with Gasteiger partial charge in [-0.05, 0) is 25.7 Å². The lowest BCUT2D eigenvalue weighted by atomic mass is 9.86. The lowest BCUT2D eigenvalue weighted by Crippen LogP contribution is -2.19. The summed E-state index contributed by atoms with van der Waals surface area (Å²) in [6.07, 6.45) is 3.80. The molecule has 1 aliphatic carbocycles. The van der Waals surface area contributed by atoms with Gasteiger partial charge in [0.15, 0.2) is 0 Å². The lowest BCUT2D eigenvalue weighted by Gasteiger charge is -2.22. The maximum absolute atomic E-state index is 11.9. The number of ether oxygens (including phenoxy) is 1. The first-order chi connectivity index (χ1) is 8.54. The minimum atomic E-state index is -0.165. The molecular weight excluding hydrogens is 246 g/mol. The average Bonchev–Trinajstić information content (AvgIpc) is 2.57. The van der Waals surface area contributed by atoms with Crippen LogP contribution in [0.1, 0.15) is 60.5 Å². The molecule has 1 aliphatic rings. The highest BCUT2D eigenvalue weighted by Crippen LogP contribution is 2.42. The van der Waals surface area contributed by atoms with Gasteiger partial charge in [0.1, 0.15) is 0 Å². The topological polar surface area (TPSA) is 39.2 Å². The zero-order chi connectivity index (χ0) is 13.3. The molecule has 1 aromatic rings. The van der Waals surface area contributed by atoms with Crippen LogP contribution in [-0.2, 0) is 9.53 Å². The molecule has 18 heavy (non-hydrogen) atoms. The SMILES string of the molecule is COC(=O)C(c1sc(C2CCC2)nc1C)C(C)C. The third-order valence-corrected chi connectivity index (χ3v) is 5.11. The predicted molar refractivity (Wildman–Crippen MR) is 73.0 cm³/mol. The number of esters is 1. The molecule has 0 aliphatic heterocycles. The number of methoxy groups -OCH3 is 1. The van der Waals surface area contributed by atoms with Crippen molar-refractivity contribution in [3.05, 3.63) is 15.6 Å². The molecule has 1 aromatic heterocycles. The molecule has 4 heteroatoms. The van der Waals surface area contributed by atoms with Crippen LogP contribution in [0.25, 0.3) is 0 Å². The monoisotopic (exact) mass is 267 g/mol. The molecule has 0 bridgehead atoms. The number of aryl methyl sites for hydroxylation is 1. The number of carbonyl (C=O) groups excluding carboxylic acids is 1. The number of nitrogens with zero attached hydrogens (tertiary/aromatic N) is 1. The van der Waals surface area contributed by atoms with Gasteiger partial charge in [-0.2, -0.15) is 0 Å². The molecule has 3 nitrogen and oxygen atoms in total. The quantitative estimate of drug-likeness (QED) is 0.782. The molecule has 0 N–H and O–H groups in total. The van der Waals surface area contributed by atoms with Gasteiger partial charge in [-0.15, -0.1) is 11.3 Å². The number of hydrogen-bond acceptors (Lipinski definition) is 4. The largest absolute Gasteiger partial charge is 0.469 e. The molecule has 1 heterocycles. The summed E-state index contributed by atoms with van der Waals surface area (Å²) >= 11 is 1.71. The van der Waals surface area contributed by atoms with Crippen LogP contribution in [-0.4, -0.2) is 18.1 Å². The molecule has 0 saturated heterocycles. The summed E-state index contributed by atoms with van der Waals surface area (Å²) in [5, 5.41) is 1.21. The van der Waals surface area contributed by atoms with Crippen molar-refractivity contribution in [1.82, 2.24) is 4.98 Å². The van der Waals surface area contributed by atoms with E-state index in [2.05, 4.69) is 18.8 Å². The van der Waals surface area contributed by atoms with E-state index in [0.717, 1.165) is 10.6 Å². The lowest BCUT2D eigenvalue weighted by molar-refractivity contribution is -0.143. The fraction of sp³-hybridized carbons (Fsp3) is 0.714. The minimum Gasteiger partial charge on any atom is -0.469 e. The Labute approximate surface area is 113 Å². The maximum Gasteiger partial charge on any atom is 0.314 e. The Morgan fingerprint density at radius 2 is 2.11 bits per heavy atom. The molecule has 0 radical (unpaired) electrons. The molecule has 0 spiro atoms. The van der Waals surface area contributed by atoms with Gasteiger partial charge in [-0.3, -0.25) is 4.79 Å². The Balaban J connectivity index is 2.29. The summed E-state index contributed by atoms with van der Waals surface area (Å²) in [4.78, 5) is 17.7.